The highest BCUT2D eigenvalue weighted by atomic mass is 32.2. The topological polar surface area (TPSA) is 20.3 Å². The number of nitrogens with zero attached hydrogens (tertiary/aromatic N) is 1. The SMILES string of the molecule is O=C(C1=CC2=CC2S1)N1CCCCC1. The lowest BCUT2D eigenvalue weighted by Crippen LogP contribution is -2.35. The molecule has 0 spiro atoms. The molecule has 14 heavy (non-hydrogen) atoms. The van der Waals surface area contributed by atoms with E-state index < -0.39 is 0 Å². The smallest absolute Gasteiger partial charge is 0.260 e. The molecule has 2 nitrogen and oxygen atoms in total. The van der Waals surface area contributed by atoms with Crippen molar-refractivity contribution in [3.05, 3.63) is 22.6 Å². The van der Waals surface area contributed by atoms with E-state index in [1.54, 1.807) is 11.8 Å². The highest BCUT2D eigenvalue weighted by Gasteiger charge is 2.35. The van der Waals surface area contributed by atoms with E-state index in [4.69, 9.17) is 0 Å². The van der Waals surface area contributed by atoms with Crippen LogP contribution in [0.2, 0.25) is 0 Å². The van der Waals surface area contributed by atoms with Crippen LogP contribution >= 0.6 is 11.8 Å². The number of piperidine rings is 1. The standard InChI is InChI=1S/C11H13NOS/c13-11(12-4-2-1-3-5-12)10-7-8-6-9(8)14-10/h6-7,9H,1-5H2. The predicted molar refractivity (Wildman–Crippen MR) is 58.0 cm³/mol. The summed E-state index contributed by atoms with van der Waals surface area (Å²) in [6, 6.07) is 0. The van der Waals surface area contributed by atoms with Gasteiger partial charge in [-0.3, -0.25) is 4.79 Å². The first-order chi connectivity index (χ1) is 6.84. The van der Waals surface area contributed by atoms with Crippen LogP contribution in [0, 0.1) is 0 Å². The van der Waals surface area contributed by atoms with Gasteiger partial charge < -0.3 is 4.90 Å². The second-order valence-corrected chi connectivity index (χ2v) is 5.25. The fourth-order valence-electron chi connectivity index (χ4n) is 2.05. The molecule has 3 aliphatic rings. The summed E-state index contributed by atoms with van der Waals surface area (Å²) in [6.07, 6.45) is 7.90. The van der Waals surface area contributed by atoms with Crippen LogP contribution < -0.4 is 0 Å². The number of carbonyl (C=O) groups is 1. The fraction of sp³-hybridized carbons (Fsp3) is 0.545. The molecule has 0 saturated carbocycles. The quantitative estimate of drug-likeness (QED) is 0.655. The van der Waals surface area contributed by atoms with Gasteiger partial charge in [0.2, 0.25) is 0 Å². The Balaban J connectivity index is 1.69. The zero-order valence-electron chi connectivity index (χ0n) is 8.03. The zero-order chi connectivity index (χ0) is 9.54. The number of rotatable bonds is 1. The molecule has 0 aromatic carbocycles. The fourth-order valence-corrected chi connectivity index (χ4v) is 3.18. The Hall–Kier alpha value is -0.700. The van der Waals surface area contributed by atoms with E-state index in [9.17, 15) is 4.79 Å². The Morgan fingerprint density at radius 3 is 2.79 bits per heavy atom. The monoisotopic (exact) mass is 207 g/mol. The molecule has 1 saturated heterocycles. The molecular formula is C11H13NOS. The van der Waals surface area contributed by atoms with Crippen molar-refractivity contribution in [2.45, 2.75) is 24.5 Å². The first kappa shape index (κ1) is 8.60. The van der Waals surface area contributed by atoms with E-state index in [-0.39, 0.29) is 5.91 Å². The summed E-state index contributed by atoms with van der Waals surface area (Å²) in [4.78, 5) is 15.0. The van der Waals surface area contributed by atoms with Crippen LogP contribution in [0.15, 0.2) is 22.6 Å². The maximum absolute atomic E-state index is 12.0. The molecule has 0 bridgehead atoms. The minimum absolute atomic E-state index is 0.266. The van der Waals surface area contributed by atoms with E-state index >= 15 is 0 Å². The van der Waals surface area contributed by atoms with Crippen molar-refractivity contribution in [1.82, 2.24) is 4.90 Å². The minimum Gasteiger partial charge on any atom is -0.338 e. The second-order valence-electron chi connectivity index (χ2n) is 4.07. The Morgan fingerprint density at radius 2 is 2.14 bits per heavy atom. The van der Waals surface area contributed by atoms with Crippen LogP contribution in [-0.4, -0.2) is 29.1 Å². The molecule has 2 heterocycles. The summed E-state index contributed by atoms with van der Waals surface area (Å²) in [7, 11) is 0. The van der Waals surface area contributed by atoms with Crippen molar-refractivity contribution in [2.75, 3.05) is 13.1 Å². The van der Waals surface area contributed by atoms with Crippen LogP contribution in [0.4, 0.5) is 0 Å². The number of likely N-dealkylation sites (tertiary alicyclic amines) is 1. The summed E-state index contributed by atoms with van der Waals surface area (Å²) in [5.74, 6) is 0.266. The number of allylic oxidation sites excluding steroid dienone is 1. The Kier molecular flexibility index (Phi) is 1.94. The molecular weight excluding hydrogens is 194 g/mol. The van der Waals surface area contributed by atoms with Gasteiger partial charge in [-0.25, -0.2) is 0 Å². The van der Waals surface area contributed by atoms with Crippen molar-refractivity contribution in [3.63, 3.8) is 0 Å². The summed E-state index contributed by atoms with van der Waals surface area (Å²) < 4.78 is 0. The van der Waals surface area contributed by atoms with Gasteiger partial charge in [-0.2, -0.15) is 0 Å². The number of fused-ring (bicyclic) bond motifs is 1. The molecule has 3 heteroatoms. The van der Waals surface area contributed by atoms with Gasteiger partial charge in [0, 0.05) is 13.1 Å². The summed E-state index contributed by atoms with van der Waals surface area (Å²) in [6.45, 7) is 1.92. The van der Waals surface area contributed by atoms with E-state index in [0.717, 1.165) is 18.0 Å². The lowest BCUT2D eigenvalue weighted by Gasteiger charge is -2.26. The van der Waals surface area contributed by atoms with Gasteiger partial charge in [0.25, 0.3) is 5.91 Å². The van der Waals surface area contributed by atoms with Crippen molar-refractivity contribution in [2.24, 2.45) is 0 Å². The Bertz CT molecular complexity index is 339. The third-order valence-electron chi connectivity index (χ3n) is 2.97. The molecule has 1 amide bonds. The Labute approximate surface area is 88.0 Å². The molecule has 74 valence electrons. The third kappa shape index (κ3) is 1.40. The largest absolute Gasteiger partial charge is 0.338 e. The van der Waals surface area contributed by atoms with Gasteiger partial charge in [0.1, 0.15) is 0 Å². The van der Waals surface area contributed by atoms with E-state index in [1.165, 1.54) is 24.8 Å². The van der Waals surface area contributed by atoms with Crippen LogP contribution in [0.3, 0.4) is 0 Å². The molecule has 1 aliphatic carbocycles. The number of hydrogen-bond acceptors (Lipinski definition) is 2. The minimum atomic E-state index is 0.266. The van der Waals surface area contributed by atoms with Gasteiger partial charge in [0.05, 0.1) is 10.2 Å². The predicted octanol–water partition coefficient (Wildman–Crippen LogP) is 1.94. The van der Waals surface area contributed by atoms with E-state index in [2.05, 4.69) is 12.2 Å². The van der Waals surface area contributed by atoms with Crippen molar-refractivity contribution >= 4 is 17.7 Å². The van der Waals surface area contributed by atoms with Crippen LogP contribution in [0.1, 0.15) is 19.3 Å². The first-order valence-corrected chi connectivity index (χ1v) is 6.12. The average molecular weight is 207 g/mol. The van der Waals surface area contributed by atoms with E-state index in [0.29, 0.717) is 5.25 Å². The maximum Gasteiger partial charge on any atom is 0.260 e. The molecule has 1 fully saturated rings. The molecule has 0 N–H and O–H groups in total. The molecule has 0 aromatic rings. The van der Waals surface area contributed by atoms with Crippen LogP contribution in [0.25, 0.3) is 0 Å². The molecule has 0 radical (unpaired) electrons. The van der Waals surface area contributed by atoms with Crippen molar-refractivity contribution in [3.8, 4) is 0 Å². The molecule has 3 rings (SSSR count). The lowest BCUT2D eigenvalue weighted by atomic mass is 10.1. The molecule has 1 atom stereocenters. The van der Waals surface area contributed by atoms with Crippen molar-refractivity contribution in [1.29, 1.82) is 0 Å². The molecule has 2 aliphatic heterocycles. The highest BCUT2D eigenvalue weighted by Crippen LogP contribution is 2.47. The molecule has 0 aromatic heterocycles. The summed E-state index contributed by atoms with van der Waals surface area (Å²) in [5, 5.41) is 0.554. The average Bonchev–Trinajstić information content (AvgIpc) is 2.86. The highest BCUT2D eigenvalue weighted by molar-refractivity contribution is 8.05. The summed E-state index contributed by atoms with van der Waals surface area (Å²) >= 11 is 1.72. The number of amides is 1. The number of carbonyl (C=O) groups excluding carboxylic acids is 1. The van der Waals surface area contributed by atoms with Crippen molar-refractivity contribution < 1.29 is 4.79 Å². The second kappa shape index (κ2) is 3.16. The third-order valence-corrected chi connectivity index (χ3v) is 4.18. The lowest BCUT2D eigenvalue weighted by molar-refractivity contribution is -0.127. The summed E-state index contributed by atoms with van der Waals surface area (Å²) in [5.41, 5.74) is 1.36. The van der Waals surface area contributed by atoms with Gasteiger partial charge in [-0.1, -0.05) is 6.08 Å². The van der Waals surface area contributed by atoms with Crippen LogP contribution in [-0.2, 0) is 4.79 Å². The first-order valence-electron chi connectivity index (χ1n) is 5.24. The maximum atomic E-state index is 12.0. The zero-order valence-corrected chi connectivity index (χ0v) is 8.85. The van der Waals surface area contributed by atoms with Crippen LogP contribution in [0.5, 0.6) is 0 Å². The number of hydrogen-bond donors (Lipinski definition) is 0. The van der Waals surface area contributed by atoms with Gasteiger partial charge >= 0.3 is 0 Å². The van der Waals surface area contributed by atoms with E-state index in [1.807, 2.05) is 4.90 Å². The van der Waals surface area contributed by atoms with Gasteiger partial charge in [0.15, 0.2) is 0 Å². The van der Waals surface area contributed by atoms with Gasteiger partial charge in [-0.05, 0) is 30.9 Å². The van der Waals surface area contributed by atoms with Gasteiger partial charge in [-0.15, -0.1) is 11.8 Å². The Morgan fingerprint density at radius 1 is 1.36 bits per heavy atom. The normalized spacial score (nSPS) is 29.4. The molecule has 1 unspecified atom stereocenters. The number of thioether (sulfide) groups is 1.